The molecule has 0 aromatic carbocycles. The molecule has 0 fully saturated rings. The molecule has 1 aliphatic heterocycles. The van der Waals surface area contributed by atoms with Gasteiger partial charge in [-0.25, -0.2) is 9.37 Å². The smallest absolute Gasteiger partial charge is 0.205 e. The van der Waals surface area contributed by atoms with Crippen LogP contribution in [0, 0.1) is 6.92 Å². The zero-order valence-corrected chi connectivity index (χ0v) is 8.14. The van der Waals surface area contributed by atoms with Gasteiger partial charge in [0.05, 0.1) is 6.54 Å². The van der Waals surface area contributed by atoms with Gasteiger partial charge in [-0.3, -0.25) is 0 Å². The molecule has 0 radical (unpaired) electrons. The molecule has 0 saturated carbocycles. The predicted octanol–water partition coefficient (Wildman–Crippen LogP) is 1.91. The van der Waals surface area contributed by atoms with Crippen LogP contribution in [0.15, 0.2) is 11.9 Å². The molecular weight excluding hydrogens is 189 g/mol. The molecule has 13 heavy (non-hydrogen) atoms. The summed E-state index contributed by atoms with van der Waals surface area (Å²) in [6.07, 6.45) is 2.38. The van der Waals surface area contributed by atoms with Gasteiger partial charge in [-0.05, 0) is 19.4 Å². The summed E-state index contributed by atoms with van der Waals surface area (Å²) in [6.45, 7) is 3.02. The molecule has 0 saturated heterocycles. The number of aryl methyl sites for hydroxylation is 1. The molecule has 0 unspecified atom stereocenters. The number of nitrogens with zero attached hydrogens (tertiary/aromatic N) is 3. The van der Waals surface area contributed by atoms with Crippen molar-refractivity contribution in [2.45, 2.75) is 13.3 Å². The fourth-order valence-electron chi connectivity index (χ4n) is 1.28. The summed E-state index contributed by atoms with van der Waals surface area (Å²) in [4.78, 5) is 6.12. The molecule has 0 spiro atoms. The Hall–Kier alpha value is -0.970. The van der Waals surface area contributed by atoms with Crippen molar-refractivity contribution in [2.75, 3.05) is 18.0 Å². The molecule has 0 bridgehead atoms. The largest absolute Gasteiger partial charge is 0.340 e. The normalized spacial score (nSPS) is 17.4. The Labute approximate surface area is 80.1 Å². The average Bonchev–Trinajstić information content (AvgIpc) is 2.52. The van der Waals surface area contributed by atoms with Gasteiger partial charge in [0.25, 0.3) is 0 Å². The summed E-state index contributed by atoms with van der Waals surface area (Å²) in [5.74, 6) is 0.689. The highest BCUT2D eigenvalue weighted by Gasteiger charge is 2.15. The Morgan fingerprint density at radius 1 is 1.62 bits per heavy atom. The third-order valence-corrected chi connectivity index (χ3v) is 2.76. The molecule has 70 valence electrons. The first kappa shape index (κ1) is 8.62. The number of anilines is 1. The monoisotopic (exact) mass is 199 g/mol. The average molecular weight is 199 g/mol. The van der Waals surface area contributed by atoms with Crippen LogP contribution in [-0.2, 0) is 0 Å². The zero-order valence-electron chi connectivity index (χ0n) is 7.33. The summed E-state index contributed by atoms with van der Waals surface area (Å²) in [7, 11) is 0. The number of rotatable bonds is 1. The van der Waals surface area contributed by atoms with Gasteiger partial charge in [0.1, 0.15) is 11.7 Å². The number of aromatic nitrogens is 2. The van der Waals surface area contributed by atoms with Crippen LogP contribution in [0.25, 0.3) is 0 Å². The van der Waals surface area contributed by atoms with E-state index in [9.17, 15) is 4.39 Å². The van der Waals surface area contributed by atoms with Crippen molar-refractivity contribution in [1.82, 2.24) is 9.36 Å². The van der Waals surface area contributed by atoms with E-state index in [0.717, 1.165) is 23.9 Å². The van der Waals surface area contributed by atoms with E-state index in [1.54, 1.807) is 6.08 Å². The minimum atomic E-state index is -0.0703. The lowest BCUT2D eigenvalue weighted by Crippen LogP contribution is -2.28. The Bertz CT molecular complexity index is 334. The molecule has 0 atom stereocenters. The zero-order chi connectivity index (χ0) is 9.26. The third-order valence-electron chi connectivity index (χ3n) is 1.89. The van der Waals surface area contributed by atoms with E-state index in [1.165, 1.54) is 11.5 Å². The summed E-state index contributed by atoms with van der Waals surface area (Å²) in [5, 5.41) is 0.820. The van der Waals surface area contributed by atoms with E-state index < -0.39 is 0 Å². The van der Waals surface area contributed by atoms with Crippen LogP contribution < -0.4 is 4.90 Å². The maximum absolute atomic E-state index is 12.9. The van der Waals surface area contributed by atoms with Crippen molar-refractivity contribution in [1.29, 1.82) is 0 Å². The molecular formula is C8H10FN3S. The molecule has 0 N–H and O–H groups in total. The lowest BCUT2D eigenvalue weighted by atomic mass is 10.2. The molecule has 2 heterocycles. The molecule has 1 aliphatic rings. The van der Waals surface area contributed by atoms with E-state index in [4.69, 9.17) is 0 Å². The maximum atomic E-state index is 12.9. The number of hydrogen-bond donors (Lipinski definition) is 0. The second kappa shape index (κ2) is 3.41. The minimum Gasteiger partial charge on any atom is -0.340 e. The Morgan fingerprint density at radius 3 is 3.08 bits per heavy atom. The predicted molar refractivity (Wildman–Crippen MR) is 50.7 cm³/mol. The van der Waals surface area contributed by atoms with E-state index in [0.29, 0.717) is 6.54 Å². The summed E-state index contributed by atoms with van der Waals surface area (Å²) in [5.41, 5.74) is 0. The number of hydrogen-bond acceptors (Lipinski definition) is 4. The van der Waals surface area contributed by atoms with Gasteiger partial charge in [-0.1, -0.05) is 0 Å². The molecule has 0 amide bonds. The molecule has 5 heteroatoms. The van der Waals surface area contributed by atoms with Crippen molar-refractivity contribution in [2.24, 2.45) is 0 Å². The first-order chi connectivity index (χ1) is 6.25. The lowest BCUT2D eigenvalue weighted by molar-refractivity contribution is 0.574. The Kier molecular flexibility index (Phi) is 2.26. The molecule has 1 aromatic rings. The van der Waals surface area contributed by atoms with E-state index in [1.807, 2.05) is 11.8 Å². The van der Waals surface area contributed by atoms with Crippen LogP contribution in [0.3, 0.4) is 0 Å². The highest BCUT2D eigenvalue weighted by molar-refractivity contribution is 7.09. The van der Waals surface area contributed by atoms with Crippen molar-refractivity contribution in [3.63, 3.8) is 0 Å². The van der Waals surface area contributed by atoms with Crippen LogP contribution in [0.4, 0.5) is 9.52 Å². The second-order valence-corrected chi connectivity index (χ2v) is 3.72. The molecule has 2 rings (SSSR count). The summed E-state index contributed by atoms with van der Waals surface area (Å²) >= 11 is 1.33. The molecule has 0 aliphatic carbocycles. The Balaban J connectivity index is 2.14. The van der Waals surface area contributed by atoms with Gasteiger partial charge in [-0.2, -0.15) is 4.37 Å². The maximum Gasteiger partial charge on any atom is 0.205 e. The van der Waals surface area contributed by atoms with Gasteiger partial charge < -0.3 is 4.90 Å². The topological polar surface area (TPSA) is 29.0 Å². The second-order valence-electron chi connectivity index (χ2n) is 2.99. The number of halogens is 1. The fraction of sp³-hybridized carbons (Fsp3) is 0.500. The van der Waals surface area contributed by atoms with Crippen LogP contribution in [0.5, 0.6) is 0 Å². The third kappa shape index (κ3) is 1.85. The fourth-order valence-corrected chi connectivity index (χ4v) is 1.98. The Morgan fingerprint density at radius 2 is 2.46 bits per heavy atom. The summed E-state index contributed by atoms with van der Waals surface area (Å²) in [6, 6.07) is 0. The van der Waals surface area contributed by atoms with Gasteiger partial charge >= 0.3 is 0 Å². The molecule has 3 nitrogen and oxygen atoms in total. The summed E-state index contributed by atoms with van der Waals surface area (Å²) < 4.78 is 17.0. The van der Waals surface area contributed by atoms with E-state index in [2.05, 4.69) is 9.36 Å². The van der Waals surface area contributed by atoms with E-state index >= 15 is 0 Å². The van der Waals surface area contributed by atoms with Crippen molar-refractivity contribution < 1.29 is 4.39 Å². The van der Waals surface area contributed by atoms with Crippen LogP contribution in [-0.4, -0.2) is 22.4 Å². The van der Waals surface area contributed by atoms with Crippen molar-refractivity contribution in [3.05, 3.63) is 17.7 Å². The SMILES string of the molecule is Cc1nsc(N2CCC=C(F)C2)n1. The van der Waals surface area contributed by atoms with Gasteiger partial charge in [-0.15, -0.1) is 0 Å². The lowest BCUT2D eigenvalue weighted by Gasteiger charge is -2.22. The first-order valence-electron chi connectivity index (χ1n) is 4.15. The molecule has 1 aromatic heterocycles. The van der Waals surface area contributed by atoms with Crippen LogP contribution in [0.1, 0.15) is 12.2 Å². The van der Waals surface area contributed by atoms with Crippen LogP contribution >= 0.6 is 11.5 Å². The quantitative estimate of drug-likeness (QED) is 0.691. The van der Waals surface area contributed by atoms with E-state index in [-0.39, 0.29) is 5.83 Å². The van der Waals surface area contributed by atoms with Crippen molar-refractivity contribution >= 4 is 16.7 Å². The minimum absolute atomic E-state index is 0.0703. The van der Waals surface area contributed by atoms with Gasteiger partial charge in [0, 0.05) is 18.1 Å². The van der Waals surface area contributed by atoms with Gasteiger partial charge in [0.15, 0.2) is 0 Å². The standard InChI is InChI=1S/C8H10FN3S/c1-6-10-8(13-11-6)12-4-2-3-7(9)5-12/h3H,2,4-5H2,1H3. The first-order valence-corrected chi connectivity index (χ1v) is 4.93. The highest BCUT2D eigenvalue weighted by Crippen LogP contribution is 2.21. The van der Waals surface area contributed by atoms with Crippen LogP contribution in [0.2, 0.25) is 0 Å². The highest BCUT2D eigenvalue weighted by atomic mass is 32.1. The van der Waals surface area contributed by atoms with Crippen molar-refractivity contribution in [3.8, 4) is 0 Å². The van der Waals surface area contributed by atoms with Gasteiger partial charge in [0.2, 0.25) is 5.13 Å².